The maximum absolute atomic E-state index is 13.6. The van der Waals surface area contributed by atoms with E-state index in [9.17, 15) is 14.3 Å². The maximum Gasteiger partial charge on any atom is 0.274 e. The number of likely N-dealkylation sites (tertiary alicyclic amines) is 1. The average Bonchev–Trinajstić information content (AvgIpc) is 3.02. The largest absolute Gasteiger partial charge is 0.391 e. The van der Waals surface area contributed by atoms with Gasteiger partial charge in [-0.2, -0.15) is 0 Å². The molecule has 25 heavy (non-hydrogen) atoms. The number of hydrogen-bond acceptors (Lipinski definition) is 4. The minimum atomic E-state index is -0.648. The number of halogens is 1. The number of benzene rings is 2. The second-order valence-corrected chi connectivity index (χ2v) is 6.16. The first kappa shape index (κ1) is 15.7. The number of hydrogen-bond donors (Lipinski definition) is 1. The fourth-order valence-electron chi connectivity index (χ4n) is 3.28. The summed E-state index contributed by atoms with van der Waals surface area (Å²) in [7, 11) is 0. The van der Waals surface area contributed by atoms with E-state index in [1.165, 1.54) is 23.2 Å². The lowest BCUT2D eigenvalue weighted by Gasteiger charge is -2.24. The Morgan fingerprint density at radius 2 is 1.96 bits per heavy atom. The highest BCUT2D eigenvalue weighted by atomic mass is 19.1. The molecule has 0 unspecified atom stereocenters. The zero-order chi connectivity index (χ0) is 17.4. The normalized spacial score (nSPS) is 20.2. The van der Waals surface area contributed by atoms with Gasteiger partial charge in [-0.15, -0.1) is 0 Å². The molecule has 0 radical (unpaired) electrons. The summed E-state index contributed by atoms with van der Waals surface area (Å²) in [5.74, 6) is -0.680. The van der Waals surface area contributed by atoms with Crippen molar-refractivity contribution in [3.63, 3.8) is 0 Å². The molecule has 0 saturated carbocycles. The number of para-hydroxylation sites is 2. The first-order chi connectivity index (χ1) is 12.1. The van der Waals surface area contributed by atoms with Crippen LogP contribution in [0.15, 0.2) is 54.7 Å². The zero-order valence-electron chi connectivity index (χ0n) is 13.3. The molecule has 5 nitrogen and oxygen atoms in total. The van der Waals surface area contributed by atoms with E-state index in [4.69, 9.17) is 0 Å². The number of aromatic nitrogens is 2. The number of carbonyl (C=O) groups is 1. The molecule has 1 aliphatic heterocycles. The second kappa shape index (κ2) is 6.22. The van der Waals surface area contributed by atoms with Gasteiger partial charge in [0.05, 0.1) is 29.4 Å². The van der Waals surface area contributed by atoms with Gasteiger partial charge in [0, 0.05) is 6.54 Å². The summed E-state index contributed by atoms with van der Waals surface area (Å²) >= 11 is 0. The number of aliphatic hydroxyl groups excluding tert-OH is 1. The monoisotopic (exact) mass is 337 g/mol. The fraction of sp³-hybridized carbons (Fsp3) is 0.211. The molecule has 4 rings (SSSR count). The standard InChI is InChI=1S/C19H16FN3O2/c20-13-5-3-4-12(8-13)18-9-14(24)11-23(18)19(25)17-10-21-15-6-1-2-7-16(15)22-17/h1-8,10,14,18,24H,9,11H2/t14-,18-/m0/s1. The van der Waals surface area contributed by atoms with Crippen molar-refractivity contribution in [2.75, 3.05) is 6.54 Å². The second-order valence-electron chi connectivity index (χ2n) is 6.16. The van der Waals surface area contributed by atoms with E-state index in [0.717, 1.165) is 0 Å². The zero-order valence-corrected chi connectivity index (χ0v) is 13.3. The van der Waals surface area contributed by atoms with Crippen molar-refractivity contribution < 1.29 is 14.3 Å². The Balaban J connectivity index is 1.69. The molecule has 0 aliphatic carbocycles. The lowest BCUT2D eigenvalue weighted by atomic mass is 10.0. The van der Waals surface area contributed by atoms with E-state index in [2.05, 4.69) is 9.97 Å². The molecule has 6 heteroatoms. The maximum atomic E-state index is 13.6. The highest BCUT2D eigenvalue weighted by Gasteiger charge is 2.36. The van der Waals surface area contributed by atoms with Crippen molar-refractivity contribution in [3.05, 3.63) is 71.8 Å². The molecule has 1 amide bonds. The van der Waals surface area contributed by atoms with Crippen molar-refractivity contribution in [1.29, 1.82) is 0 Å². The number of β-amino-alcohol motifs (C(OH)–C–C–N with tert-alkyl or cyclic N) is 1. The van der Waals surface area contributed by atoms with E-state index < -0.39 is 6.10 Å². The Labute approximate surface area is 143 Å². The van der Waals surface area contributed by atoms with Gasteiger partial charge in [-0.05, 0) is 36.2 Å². The summed E-state index contributed by atoms with van der Waals surface area (Å²) in [5, 5.41) is 10.0. The third-order valence-corrected chi connectivity index (χ3v) is 4.44. The first-order valence-electron chi connectivity index (χ1n) is 8.08. The van der Waals surface area contributed by atoms with Gasteiger partial charge < -0.3 is 10.0 Å². The molecule has 1 fully saturated rings. The fourth-order valence-corrected chi connectivity index (χ4v) is 3.28. The van der Waals surface area contributed by atoms with Crippen LogP contribution in [0.4, 0.5) is 4.39 Å². The van der Waals surface area contributed by atoms with Crippen LogP contribution >= 0.6 is 0 Å². The molecular formula is C19H16FN3O2. The molecule has 1 saturated heterocycles. The summed E-state index contributed by atoms with van der Waals surface area (Å²) in [6, 6.07) is 13.0. The molecule has 126 valence electrons. The van der Waals surface area contributed by atoms with Gasteiger partial charge in [-0.25, -0.2) is 9.37 Å². The molecular weight excluding hydrogens is 321 g/mol. The summed E-state index contributed by atoms with van der Waals surface area (Å²) in [6.07, 6.45) is 1.17. The lowest BCUT2D eigenvalue weighted by molar-refractivity contribution is 0.0709. The number of nitrogens with zero attached hydrogens (tertiary/aromatic N) is 3. The summed E-state index contributed by atoms with van der Waals surface area (Å²) in [6.45, 7) is 0.189. The van der Waals surface area contributed by atoms with E-state index in [1.54, 1.807) is 18.2 Å². The van der Waals surface area contributed by atoms with Crippen molar-refractivity contribution in [1.82, 2.24) is 14.9 Å². The Hall–Kier alpha value is -2.86. The smallest absolute Gasteiger partial charge is 0.274 e. The molecule has 2 aromatic carbocycles. The third kappa shape index (κ3) is 2.96. The van der Waals surface area contributed by atoms with Crippen LogP contribution < -0.4 is 0 Å². The molecule has 0 spiro atoms. The van der Waals surface area contributed by atoms with E-state index in [1.807, 2.05) is 18.2 Å². The third-order valence-electron chi connectivity index (χ3n) is 4.44. The quantitative estimate of drug-likeness (QED) is 0.781. The van der Waals surface area contributed by atoms with Crippen LogP contribution in [0.1, 0.15) is 28.5 Å². The van der Waals surface area contributed by atoms with Gasteiger partial charge in [0.25, 0.3) is 5.91 Å². The number of carbonyl (C=O) groups excluding carboxylic acids is 1. The highest BCUT2D eigenvalue weighted by molar-refractivity contribution is 5.94. The Bertz CT molecular complexity index is 947. The van der Waals surface area contributed by atoms with E-state index >= 15 is 0 Å². The molecule has 1 aliphatic rings. The number of aliphatic hydroxyl groups is 1. The highest BCUT2D eigenvalue weighted by Crippen LogP contribution is 2.33. The van der Waals surface area contributed by atoms with Crippen molar-refractivity contribution in [2.24, 2.45) is 0 Å². The van der Waals surface area contributed by atoms with Gasteiger partial charge in [0.2, 0.25) is 0 Å². The number of amides is 1. The van der Waals surface area contributed by atoms with E-state index in [0.29, 0.717) is 23.0 Å². The average molecular weight is 337 g/mol. The molecule has 1 N–H and O–H groups in total. The number of rotatable bonds is 2. The van der Waals surface area contributed by atoms with Gasteiger partial charge in [-0.1, -0.05) is 24.3 Å². The van der Waals surface area contributed by atoms with Crippen LogP contribution in [0.5, 0.6) is 0 Å². The van der Waals surface area contributed by atoms with Crippen molar-refractivity contribution in [2.45, 2.75) is 18.6 Å². The van der Waals surface area contributed by atoms with Gasteiger partial charge in [0.15, 0.2) is 0 Å². The topological polar surface area (TPSA) is 66.3 Å². The predicted molar refractivity (Wildman–Crippen MR) is 90.3 cm³/mol. The van der Waals surface area contributed by atoms with Crippen LogP contribution in [-0.2, 0) is 0 Å². The van der Waals surface area contributed by atoms with Crippen LogP contribution in [0.3, 0.4) is 0 Å². The van der Waals surface area contributed by atoms with Crippen LogP contribution in [-0.4, -0.2) is 38.5 Å². The van der Waals surface area contributed by atoms with E-state index in [-0.39, 0.29) is 30.0 Å². The van der Waals surface area contributed by atoms with Crippen LogP contribution in [0.25, 0.3) is 11.0 Å². The molecule has 2 atom stereocenters. The molecule has 3 aromatic rings. The Morgan fingerprint density at radius 3 is 2.76 bits per heavy atom. The van der Waals surface area contributed by atoms with Gasteiger partial charge in [0.1, 0.15) is 11.5 Å². The summed E-state index contributed by atoms with van der Waals surface area (Å²) in [5.41, 5.74) is 2.23. The summed E-state index contributed by atoms with van der Waals surface area (Å²) < 4.78 is 13.6. The predicted octanol–water partition coefficient (Wildman–Crippen LogP) is 2.72. The van der Waals surface area contributed by atoms with Crippen LogP contribution in [0, 0.1) is 5.82 Å². The lowest BCUT2D eigenvalue weighted by Crippen LogP contribution is -2.32. The van der Waals surface area contributed by atoms with Crippen LogP contribution in [0.2, 0.25) is 0 Å². The minimum absolute atomic E-state index is 0.189. The minimum Gasteiger partial charge on any atom is -0.391 e. The molecule has 2 heterocycles. The van der Waals surface area contributed by atoms with Crippen molar-refractivity contribution in [3.8, 4) is 0 Å². The first-order valence-corrected chi connectivity index (χ1v) is 8.08. The van der Waals surface area contributed by atoms with Crippen molar-refractivity contribution >= 4 is 16.9 Å². The molecule has 0 bridgehead atoms. The van der Waals surface area contributed by atoms with Gasteiger partial charge >= 0.3 is 0 Å². The Kier molecular flexibility index (Phi) is 3.89. The summed E-state index contributed by atoms with van der Waals surface area (Å²) in [4.78, 5) is 23.1. The molecule has 1 aromatic heterocycles. The van der Waals surface area contributed by atoms with Gasteiger partial charge in [-0.3, -0.25) is 9.78 Å². The Morgan fingerprint density at radius 1 is 1.16 bits per heavy atom. The SMILES string of the molecule is O=C(c1cnc2ccccc2n1)N1C[C@@H](O)C[C@H]1c1cccc(F)c1. The number of fused-ring (bicyclic) bond motifs is 1.